The first-order valence-corrected chi connectivity index (χ1v) is 48.6. The number of likely N-dealkylation sites (N-methyl/N-ethyl adjacent to an activating group) is 5. The van der Waals surface area contributed by atoms with Crippen molar-refractivity contribution >= 4 is 5.78 Å². The van der Waals surface area contributed by atoms with Crippen LogP contribution in [0.25, 0.3) is 0 Å². The zero-order valence-electron chi connectivity index (χ0n) is 81.0. The van der Waals surface area contributed by atoms with Crippen molar-refractivity contribution in [2.45, 2.75) is 345 Å². The van der Waals surface area contributed by atoms with E-state index in [4.69, 9.17) is 56.8 Å². The maximum Gasteiger partial charge on any atom is 0.174 e. The minimum Gasteiger partial charge on any atom is -0.493 e. The molecule has 2 saturated carbocycles. The average Bonchev–Trinajstić information content (AvgIpc) is 1.45. The number of carbonyl (C=O) groups is 1. The van der Waals surface area contributed by atoms with Gasteiger partial charge >= 0.3 is 0 Å². The summed E-state index contributed by atoms with van der Waals surface area (Å²) in [6.45, 7) is 40.2. The number of aliphatic hydroxyl groups is 4. The number of aliphatic hydroxyl groups excluding tert-OH is 1. The Morgan fingerprint density at radius 3 is 1.32 bits per heavy atom. The molecule has 5 saturated heterocycles. The first-order valence-electron chi connectivity index (χ1n) is 48.6. The van der Waals surface area contributed by atoms with E-state index in [0.717, 1.165) is 166 Å². The number of ether oxygens (including phenoxy) is 12. The van der Waals surface area contributed by atoms with Gasteiger partial charge in [-0.1, -0.05) is 49.1 Å². The molecule has 2 unspecified atom stereocenters. The van der Waals surface area contributed by atoms with Crippen molar-refractivity contribution in [3.63, 3.8) is 0 Å². The Labute approximate surface area is 769 Å². The predicted molar refractivity (Wildman–Crippen MR) is 497 cm³/mol. The lowest BCUT2D eigenvalue weighted by molar-refractivity contribution is -0.185. The van der Waals surface area contributed by atoms with Crippen molar-refractivity contribution in [3.05, 3.63) is 164 Å². The number of piperidine rings is 5. The van der Waals surface area contributed by atoms with Crippen LogP contribution in [0.15, 0.2) is 109 Å². The van der Waals surface area contributed by atoms with Crippen LogP contribution in [0.4, 0.5) is 0 Å². The number of Topliss-reactive ketones (excluding diaryl/α,β-unsaturated/α-hetero) is 1. The number of likely N-dealkylation sites (tertiary alicyclic amines) is 5. The topological polar surface area (TPSA) is 225 Å². The Morgan fingerprint density at radius 1 is 0.408 bits per heavy atom. The third-order valence-electron chi connectivity index (χ3n) is 34.4. The van der Waals surface area contributed by atoms with Crippen LogP contribution in [0.1, 0.15) is 230 Å². The van der Waals surface area contributed by atoms with Crippen molar-refractivity contribution in [1.29, 1.82) is 0 Å². The molecule has 700 valence electrons. The maximum atomic E-state index is 12.8. The molecule has 10 aliphatic carbocycles. The fourth-order valence-corrected chi connectivity index (χ4v) is 29.5. The summed E-state index contributed by atoms with van der Waals surface area (Å²) >= 11 is 0. The highest BCUT2D eigenvalue weighted by atomic mass is 16.6. The highest BCUT2D eigenvalue weighted by molar-refractivity contribution is 5.90. The molecular weight excluding hydrogens is 1640 g/mol. The number of hydrogen-bond acceptors (Lipinski definition) is 22. The largest absolute Gasteiger partial charge is 0.493 e. The van der Waals surface area contributed by atoms with E-state index in [1.54, 1.807) is 20.3 Å². The Balaban J connectivity index is 0.0000000984. The summed E-state index contributed by atoms with van der Waals surface area (Å²) in [4.78, 5) is 24.8. The summed E-state index contributed by atoms with van der Waals surface area (Å²) < 4.78 is 75.2. The smallest absolute Gasteiger partial charge is 0.174 e. The van der Waals surface area contributed by atoms with Crippen LogP contribution >= 0.6 is 0 Å². The molecule has 0 aromatic heterocycles. The van der Waals surface area contributed by atoms with Crippen LogP contribution in [-0.2, 0) is 73.4 Å². The zero-order chi connectivity index (χ0) is 92.0. The first-order chi connectivity index (χ1) is 61.2. The van der Waals surface area contributed by atoms with Crippen molar-refractivity contribution in [3.8, 4) is 57.5 Å². The number of allylic oxidation sites excluding steroid dienone is 1. The van der Waals surface area contributed by atoms with Crippen LogP contribution in [0.3, 0.4) is 0 Å². The monoisotopic (exact) mass is 1780 g/mol. The molecule has 22 nitrogen and oxygen atoms in total. The molecular formula is C108H141N5O17. The van der Waals surface area contributed by atoms with Gasteiger partial charge in [-0.25, -0.2) is 0 Å². The number of methoxy groups -OCH3 is 2. The van der Waals surface area contributed by atoms with E-state index in [0.29, 0.717) is 66.2 Å². The Bertz CT molecular complexity index is 5570. The summed E-state index contributed by atoms with van der Waals surface area (Å²) in [6.07, 6.45) is 20.1. The highest BCUT2D eigenvalue weighted by Gasteiger charge is 2.77. The Morgan fingerprint density at radius 2 is 0.800 bits per heavy atom. The minimum absolute atomic E-state index is 0.0149. The van der Waals surface area contributed by atoms with E-state index in [1.165, 1.54) is 57.4 Å². The van der Waals surface area contributed by atoms with Gasteiger partial charge < -0.3 is 96.9 Å². The molecule has 4 N–H and O–H groups in total. The van der Waals surface area contributed by atoms with E-state index in [-0.39, 0.29) is 81.1 Å². The van der Waals surface area contributed by atoms with Gasteiger partial charge in [-0.2, -0.15) is 0 Å². The number of hydrogen-bond donors (Lipinski definition) is 4. The van der Waals surface area contributed by atoms with Gasteiger partial charge in [-0.3, -0.25) is 9.69 Å². The van der Waals surface area contributed by atoms with Gasteiger partial charge in [0.25, 0.3) is 0 Å². The molecule has 5 aromatic rings. The van der Waals surface area contributed by atoms with Gasteiger partial charge in [0, 0.05) is 81.7 Å². The molecule has 25 rings (SSSR count). The second kappa shape index (κ2) is 29.5. The quantitative estimate of drug-likeness (QED) is 0.111. The van der Waals surface area contributed by atoms with Crippen LogP contribution in [-0.4, -0.2) is 245 Å². The van der Waals surface area contributed by atoms with Gasteiger partial charge in [0.05, 0.1) is 41.7 Å². The third-order valence-corrected chi connectivity index (χ3v) is 34.4. The van der Waals surface area contributed by atoms with Crippen LogP contribution in [0.2, 0.25) is 0 Å². The van der Waals surface area contributed by atoms with Crippen molar-refractivity contribution < 1.29 is 82.1 Å². The predicted octanol–water partition coefficient (Wildman–Crippen LogP) is 14.6. The van der Waals surface area contributed by atoms with E-state index >= 15 is 0 Å². The lowest BCUT2D eigenvalue weighted by Gasteiger charge is -2.62. The summed E-state index contributed by atoms with van der Waals surface area (Å²) in [5.41, 5.74) is 8.16. The molecule has 22 heteroatoms. The number of ketones is 1. The summed E-state index contributed by atoms with van der Waals surface area (Å²) in [7, 11) is 14.3. The third kappa shape index (κ3) is 12.5. The Hall–Kier alpha value is -8.03. The van der Waals surface area contributed by atoms with Crippen molar-refractivity contribution in [2.75, 3.05) is 82.2 Å². The van der Waals surface area contributed by atoms with E-state index in [9.17, 15) is 25.2 Å². The number of rotatable bonds is 7. The van der Waals surface area contributed by atoms with Crippen LogP contribution in [0.5, 0.6) is 57.5 Å². The highest BCUT2D eigenvalue weighted by Crippen LogP contribution is 2.72. The molecule has 5 aromatic carbocycles. The average molecular weight is 1780 g/mol. The van der Waals surface area contributed by atoms with Crippen LogP contribution < -0.4 is 47.4 Å². The van der Waals surface area contributed by atoms with Gasteiger partial charge in [-0.15, -0.1) is 0 Å². The molecule has 0 radical (unpaired) electrons. The molecule has 0 amide bonds. The molecule has 130 heavy (non-hydrogen) atoms. The molecule has 10 aliphatic heterocycles. The minimum atomic E-state index is -1.04. The zero-order valence-corrected chi connectivity index (χ0v) is 81.0. The van der Waals surface area contributed by atoms with Crippen LogP contribution in [0, 0.1) is 11.8 Å². The summed E-state index contributed by atoms with van der Waals surface area (Å²) in [5.74, 6) is 11.3. The normalized spacial score (nSPS) is 37.1. The lowest BCUT2D eigenvalue weighted by Crippen LogP contribution is -2.76. The molecule has 21 atom stereocenters. The van der Waals surface area contributed by atoms with Gasteiger partial charge in [0.1, 0.15) is 63.4 Å². The fourth-order valence-electron chi connectivity index (χ4n) is 29.5. The first kappa shape index (κ1) is 88.6. The second-order valence-electron chi connectivity index (χ2n) is 47.0. The molecule has 5 spiro atoms. The number of carbonyl (C=O) groups excluding carboxylic acids is 1. The molecule has 20 aliphatic rings. The molecule has 10 heterocycles. The van der Waals surface area contributed by atoms with Gasteiger partial charge in [0.15, 0.2) is 81.6 Å². The van der Waals surface area contributed by atoms with Crippen molar-refractivity contribution in [1.82, 2.24) is 24.5 Å². The Kier molecular flexibility index (Phi) is 20.1. The SMILES string of the molecule is C=C1CC[C@H]2[C@H]3Cc4ccc(OC(C)(C)C)c5c4[C@@]2(CCN3C)[C@H]1O5.CN1CC[C@]23c4c5ccc(OC(C)(C)C)c4OC2C(O)C=C[C@@]3(O)[C@H]1C5.CN1CC[C@]23c4c5ccc(OC(C)(C)C)c4O[C@H]2C(=O)CC[C@@]3(O)[C@H]1C5.COc1ccc2c3c1O[C@H]1C(OC(C)(C)C)=CC[C@@]4(O)[C@@H](C2)N(C)CC[C@]314.COc1ccc2c3c1O[C@H]1C(OC(C)(C)C)=CC[C@H]4[C@@H](C2)N(C)CC[C@]314. The number of benzene rings is 5. The fraction of sp³-hybridized carbons (Fsp3) is 0.639. The lowest BCUT2D eigenvalue weighted by atomic mass is 9.49. The van der Waals surface area contributed by atoms with Gasteiger partial charge in [-0.05, 0) is 349 Å². The molecule has 10 bridgehead atoms. The van der Waals surface area contributed by atoms with Gasteiger partial charge in [0.2, 0.25) is 0 Å². The standard InChI is InChI=1S/C22H29NO4.C22H29NO3.C22H29NO2.2C21H27NO4/c1-20(2,3)27-15-8-9-22(24)16-12-13-6-7-14(25-5)18-17(13)21(22,19(15)26-18)10-11-23(16)4;1-21(2,3)26-17-9-7-14-15-12-13-6-8-16(24-5)19-18(13)22(14,20(17)25-19)10-11-23(15)4;1-13-6-8-15-16-12-14-7-9-17(25-21(2,3)4)19-18(14)22(15,20(13)24-19)10-11-23(16)5;2*1-19(2,3)26-14-6-5-12-11-15-21(24)8-7-13(23)18-20(21,9-10-22(15)4)16(12)17(14)25-18/h6-8,16,19,24H,9-12H2,1-5H3;6,8-9,14-15,20H,7,10-12H2,1-5H3;7,9,15-16,20H,1,6,8,10-12H2,2-5H3;5-6,15,18,24H,7-11H2,1-4H3;5-8,13,15,18,23-24H,9-11H2,1-4H3/t16-,19+,21+,22-;14-,15+,20-,22-;15-,16+,20-,22-;15-,18+,20+,21-;13?,15-,18?,20+,21-/m10011/s1. The van der Waals surface area contributed by atoms with Crippen molar-refractivity contribution in [2.24, 2.45) is 11.8 Å². The van der Waals surface area contributed by atoms with E-state index in [2.05, 4.69) is 183 Å². The van der Waals surface area contributed by atoms with E-state index in [1.807, 2.05) is 65.8 Å². The summed E-state index contributed by atoms with van der Waals surface area (Å²) in [5, 5.41) is 46.6. The molecule has 7 fully saturated rings. The maximum absolute atomic E-state index is 12.8. The second-order valence-corrected chi connectivity index (χ2v) is 47.0. The summed E-state index contributed by atoms with van der Waals surface area (Å²) in [6, 6.07) is 22.4. The van der Waals surface area contributed by atoms with E-state index < -0.39 is 51.4 Å². The number of nitrogens with zero attached hydrogens (tertiary/aromatic N) is 5.